The highest BCUT2D eigenvalue weighted by Crippen LogP contribution is 2.29. The number of anilines is 1. The SMILES string of the molecule is CCn1cnc(-c2cn3cc(-c4ccccc4O)nc3nc2N)c1. The molecule has 7 heteroatoms. The summed E-state index contributed by atoms with van der Waals surface area (Å²) in [6.07, 6.45) is 7.37. The Bertz CT molecular complexity index is 1030. The van der Waals surface area contributed by atoms with Gasteiger partial charge in [-0.15, -0.1) is 0 Å². The zero-order valence-electron chi connectivity index (χ0n) is 13.1. The number of fused-ring (bicyclic) bond motifs is 1. The topological polar surface area (TPSA) is 94.3 Å². The second-order valence-corrected chi connectivity index (χ2v) is 5.48. The Labute approximate surface area is 138 Å². The van der Waals surface area contributed by atoms with Crippen LogP contribution < -0.4 is 5.73 Å². The van der Waals surface area contributed by atoms with E-state index in [4.69, 9.17) is 5.73 Å². The molecule has 7 nitrogen and oxygen atoms in total. The van der Waals surface area contributed by atoms with Crippen LogP contribution in [0.3, 0.4) is 0 Å². The molecule has 0 unspecified atom stereocenters. The number of nitrogens with zero attached hydrogens (tertiary/aromatic N) is 5. The lowest BCUT2D eigenvalue weighted by atomic mass is 10.1. The van der Waals surface area contributed by atoms with Gasteiger partial charge in [0.05, 0.1) is 23.3 Å². The van der Waals surface area contributed by atoms with Crippen molar-refractivity contribution in [2.75, 3.05) is 5.73 Å². The lowest BCUT2D eigenvalue weighted by molar-refractivity contribution is 0.477. The molecule has 24 heavy (non-hydrogen) atoms. The van der Waals surface area contributed by atoms with E-state index < -0.39 is 0 Å². The molecule has 0 aliphatic heterocycles. The van der Waals surface area contributed by atoms with E-state index in [0.717, 1.165) is 17.8 Å². The summed E-state index contributed by atoms with van der Waals surface area (Å²) in [6, 6.07) is 7.06. The highest BCUT2D eigenvalue weighted by atomic mass is 16.3. The van der Waals surface area contributed by atoms with Crippen molar-refractivity contribution in [3.8, 4) is 28.3 Å². The van der Waals surface area contributed by atoms with Gasteiger partial charge >= 0.3 is 0 Å². The van der Waals surface area contributed by atoms with Crippen LogP contribution in [-0.4, -0.2) is 29.0 Å². The highest BCUT2D eigenvalue weighted by Gasteiger charge is 2.13. The molecule has 3 aromatic heterocycles. The molecule has 4 aromatic rings. The number of phenolic OH excluding ortho intramolecular Hbond substituents is 1. The average molecular weight is 320 g/mol. The van der Waals surface area contributed by atoms with Crippen LogP contribution in [0.25, 0.3) is 28.3 Å². The molecule has 0 radical (unpaired) electrons. The highest BCUT2D eigenvalue weighted by molar-refractivity contribution is 5.73. The number of benzene rings is 1. The zero-order valence-corrected chi connectivity index (χ0v) is 13.1. The Balaban J connectivity index is 1.85. The summed E-state index contributed by atoms with van der Waals surface area (Å²) >= 11 is 0. The van der Waals surface area contributed by atoms with Gasteiger partial charge in [0.2, 0.25) is 5.78 Å². The van der Waals surface area contributed by atoms with E-state index >= 15 is 0 Å². The average Bonchev–Trinajstić information content (AvgIpc) is 3.20. The predicted molar refractivity (Wildman–Crippen MR) is 91.4 cm³/mol. The van der Waals surface area contributed by atoms with Crippen LogP contribution in [0.2, 0.25) is 0 Å². The summed E-state index contributed by atoms with van der Waals surface area (Å²) in [6.45, 7) is 2.88. The molecule has 0 amide bonds. The van der Waals surface area contributed by atoms with Gasteiger partial charge in [-0.3, -0.25) is 4.40 Å². The third kappa shape index (κ3) is 2.26. The summed E-state index contributed by atoms with van der Waals surface area (Å²) < 4.78 is 3.76. The van der Waals surface area contributed by atoms with E-state index in [1.165, 1.54) is 0 Å². The molecule has 0 spiro atoms. The van der Waals surface area contributed by atoms with Crippen LogP contribution in [0, 0.1) is 0 Å². The van der Waals surface area contributed by atoms with Crippen LogP contribution in [0.1, 0.15) is 6.92 Å². The van der Waals surface area contributed by atoms with Gasteiger partial charge < -0.3 is 15.4 Å². The van der Waals surface area contributed by atoms with E-state index in [0.29, 0.717) is 22.9 Å². The maximum atomic E-state index is 10.00. The molecule has 0 saturated carbocycles. The van der Waals surface area contributed by atoms with Crippen LogP contribution in [0.5, 0.6) is 5.75 Å². The van der Waals surface area contributed by atoms with Crippen molar-refractivity contribution in [2.45, 2.75) is 13.5 Å². The number of para-hydroxylation sites is 1. The van der Waals surface area contributed by atoms with Crippen molar-refractivity contribution in [1.82, 2.24) is 23.9 Å². The van der Waals surface area contributed by atoms with Crippen molar-refractivity contribution in [3.63, 3.8) is 0 Å². The number of aryl methyl sites for hydroxylation is 1. The van der Waals surface area contributed by atoms with Crippen molar-refractivity contribution in [3.05, 3.63) is 49.2 Å². The summed E-state index contributed by atoms with van der Waals surface area (Å²) in [7, 11) is 0. The first kappa shape index (κ1) is 14.3. The minimum Gasteiger partial charge on any atom is -0.507 e. The van der Waals surface area contributed by atoms with Crippen molar-refractivity contribution < 1.29 is 5.11 Å². The molecule has 0 aliphatic carbocycles. The number of aromatic hydroxyl groups is 1. The summed E-state index contributed by atoms with van der Waals surface area (Å²) in [5.41, 5.74) is 8.88. The molecule has 0 saturated heterocycles. The number of imidazole rings is 2. The smallest absolute Gasteiger partial charge is 0.236 e. The molecule has 0 aliphatic rings. The lowest BCUT2D eigenvalue weighted by Crippen LogP contribution is -1.99. The Morgan fingerprint density at radius 1 is 1.04 bits per heavy atom. The molecule has 0 bridgehead atoms. The van der Waals surface area contributed by atoms with Gasteiger partial charge in [-0.05, 0) is 19.1 Å². The van der Waals surface area contributed by atoms with Gasteiger partial charge in [0.25, 0.3) is 0 Å². The predicted octanol–water partition coefficient (Wildman–Crippen LogP) is 2.57. The number of nitrogen functional groups attached to an aromatic ring is 1. The van der Waals surface area contributed by atoms with Gasteiger partial charge in [-0.1, -0.05) is 12.1 Å². The van der Waals surface area contributed by atoms with Gasteiger partial charge in [-0.25, -0.2) is 9.97 Å². The Morgan fingerprint density at radius 3 is 2.62 bits per heavy atom. The maximum absolute atomic E-state index is 10.00. The molecule has 0 fully saturated rings. The van der Waals surface area contributed by atoms with Gasteiger partial charge in [0.15, 0.2) is 0 Å². The number of hydrogen-bond donors (Lipinski definition) is 2. The van der Waals surface area contributed by atoms with E-state index in [1.54, 1.807) is 22.9 Å². The van der Waals surface area contributed by atoms with Crippen molar-refractivity contribution in [2.24, 2.45) is 0 Å². The normalized spacial score (nSPS) is 11.2. The quantitative estimate of drug-likeness (QED) is 0.605. The lowest BCUT2D eigenvalue weighted by Gasteiger charge is -2.02. The van der Waals surface area contributed by atoms with Gasteiger partial charge in [-0.2, -0.15) is 4.98 Å². The first-order chi connectivity index (χ1) is 11.7. The van der Waals surface area contributed by atoms with Crippen LogP contribution in [-0.2, 0) is 6.54 Å². The largest absolute Gasteiger partial charge is 0.507 e. The molecule has 1 aromatic carbocycles. The summed E-state index contributed by atoms with van der Waals surface area (Å²) in [5, 5.41) is 10.00. The second-order valence-electron chi connectivity index (χ2n) is 5.48. The van der Waals surface area contributed by atoms with Gasteiger partial charge in [0, 0.05) is 30.7 Å². The fourth-order valence-electron chi connectivity index (χ4n) is 2.62. The summed E-state index contributed by atoms with van der Waals surface area (Å²) in [4.78, 5) is 13.2. The first-order valence-corrected chi connectivity index (χ1v) is 7.61. The monoisotopic (exact) mass is 320 g/mol. The number of aromatic nitrogens is 5. The van der Waals surface area contributed by atoms with Crippen molar-refractivity contribution in [1.29, 1.82) is 0 Å². The Hall–Kier alpha value is -3.35. The third-order valence-electron chi connectivity index (χ3n) is 3.93. The van der Waals surface area contributed by atoms with E-state index in [9.17, 15) is 5.11 Å². The van der Waals surface area contributed by atoms with Crippen LogP contribution in [0.15, 0.2) is 49.2 Å². The molecule has 120 valence electrons. The molecule has 3 heterocycles. The number of hydrogen-bond acceptors (Lipinski definition) is 5. The first-order valence-electron chi connectivity index (χ1n) is 7.61. The third-order valence-corrected chi connectivity index (χ3v) is 3.93. The van der Waals surface area contributed by atoms with Crippen LogP contribution >= 0.6 is 0 Å². The Kier molecular flexibility index (Phi) is 3.19. The van der Waals surface area contributed by atoms with E-state index in [-0.39, 0.29) is 5.75 Å². The molecule has 0 atom stereocenters. The maximum Gasteiger partial charge on any atom is 0.236 e. The van der Waals surface area contributed by atoms with Gasteiger partial charge in [0.1, 0.15) is 11.6 Å². The molecular formula is C17H16N6O. The van der Waals surface area contributed by atoms with Crippen LogP contribution in [0.4, 0.5) is 5.82 Å². The molecular weight excluding hydrogens is 304 g/mol. The van der Waals surface area contributed by atoms with E-state index in [1.807, 2.05) is 42.2 Å². The zero-order chi connectivity index (χ0) is 16.7. The molecule has 4 rings (SSSR count). The fourth-order valence-corrected chi connectivity index (χ4v) is 2.62. The second kappa shape index (κ2) is 5.38. The van der Waals surface area contributed by atoms with E-state index in [2.05, 4.69) is 15.0 Å². The fraction of sp³-hybridized carbons (Fsp3) is 0.118. The number of rotatable bonds is 3. The minimum atomic E-state index is 0.177. The Morgan fingerprint density at radius 2 is 1.88 bits per heavy atom. The molecule has 3 N–H and O–H groups in total. The summed E-state index contributed by atoms with van der Waals surface area (Å²) in [5.74, 6) is 1.03. The number of nitrogens with two attached hydrogens (primary N) is 1. The number of phenols is 1. The standard InChI is InChI=1S/C17H16N6O/c1-2-22-8-13(19-10-22)12-7-23-9-14(20-17(23)21-16(12)18)11-5-3-4-6-15(11)24/h3-10,24H,2H2,1H3,(H2,18,20,21). The van der Waals surface area contributed by atoms with Crippen molar-refractivity contribution >= 4 is 11.6 Å². The minimum absolute atomic E-state index is 0.177.